The van der Waals surface area contributed by atoms with Crippen LogP contribution < -0.4 is 5.32 Å². The third-order valence-corrected chi connectivity index (χ3v) is 4.41. The molecule has 1 saturated heterocycles. The molecule has 4 heteroatoms. The molecule has 2 aliphatic rings. The van der Waals surface area contributed by atoms with E-state index in [0.29, 0.717) is 17.0 Å². The third kappa shape index (κ3) is 3.67. The van der Waals surface area contributed by atoms with E-state index < -0.39 is 0 Å². The second kappa shape index (κ2) is 5.41. The molecule has 0 aromatic rings. The van der Waals surface area contributed by atoms with Crippen LogP contribution in [0.2, 0.25) is 0 Å². The molecule has 0 spiro atoms. The van der Waals surface area contributed by atoms with Crippen LogP contribution in [-0.2, 0) is 4.79 Å². The lowest BCUT2D eigenvalue weighted by Crippen LogP contribution is -2.47. The van der Waals surface area contributed by atoms with Crippen LogP contribution in [0, 0.1) is 5.92 Å². The van der Waals surface area contributed by atoms with Gasteiger partial charge in [-0.25, -0.2) is 0 Å². The second-order valence-corrected chi connectivity index (χ2v) is 7.01. The highest BCUT2D eigenvalue weighted by Crippen LogP contribution is 2.27. The van der Waals surface area contributed by atoms with Crippen molar-refractivity contribution in [1.82, 2.24) is 10.2 Å². The highest BCUT2D eigenvalue weighted by atomic mass is 32.2. The summed E-state index contributed by atoms with van der Waals surface area (Å²) in [6.45, 7) is 7.80. The van der Waals surface area contributed by atoms with Crippen LogP contribution in [0.5, 0.6) is 0 Å². The molecule has 1 N–H and O–H groups in total. The zero-order valence-electron chi connectivity index (χ0n) is 10.2. The summed E-state index contributed by atoms with van der Waals surface area (Å²) in [6.07, 6.45) is 2.69. The van der Waals surface area contributed by atoms with Crippen molar-refractivity contribution in [1.29, 1.82) is 0 Å². The number of carbonyl (C=O) groups excluding carboxylic acids is 1. The molecule has 2 atom stereocenters. The van der Waals surface area contributed by atoms with Crippen molar-refractivity contribution in [2.24, 2.45) is 5.92 Å². The number of thioether (sulfide) groups is 1. The lowest BCUT2D eigenvalue weighted by Gasteiger charge is -2.34. The van der Waals surface area contributed by atoms with E-state index in [1.54, 1.807) is 0 Å². The molecule has 0 radical (unpaired) electrons. The van der Waals surface area contributed by atoms with E-state index in [1.165, 1.54) is 12.8 Å². The van der Waals surface area contributed by atoms with Crippen LogP contribution >= 0.6 is 11.8 Å². The first-order valence-corrected chi connectivity index (χ1v) is 7.23. The van der Waals surface area contributed by atoms with Gasteiger partial charge in [0.25, 0.3) is 0 Å². The maximum absolute atomic E-state index is 11.9. The van der Waals surface area contributed by atoms with Gasteiger partial charge in [0.2, 0.25) is 5.91 Å². The molecule has 92 valence electrons. The molecule has 3 nitrogen and oxygen atoms in total. The fourth-order valence-electron chi connectivity index (χ4n) is 2.20. The first-order chi connectivity index (χ1) is 7.65. The molecular weight excluding hydrogens is 220 g/mol. The molecule has 1 aliphatic heterocycles. The van der Waals surface area contributed by atoms with E-state index in [4.69, 9.17) is 0 Å². The zero-order chi connectivity index (χ0) is 11.5. The van der Waals surface area contributed by atoms with Crippen molar-refractivity contribution in [2.75, 3.05) is 26.2 Å². The van der Waals surface area contributed by atoms with Crippen LogP contribution in [0.25, 0.3) is 0 Å². The summed E-state index contributed by atoms with van der Waals surface area (Å²) < 4.78 is 0. The average Bonchev–Trinajstić information content (AvgIpc) is 3.00. The van der Waals surface area contributed by atoms with E-state index in [9.17, 15) is 4.79 Å². The topological polar surface area (TPSA) is 32.3 Å². The van der Waals surface area contributed by atoms with Crippen molar-refractivity contribution >= 4 is 17.7 Å². The minimum atomic E-state index is 0.277. The quantitative estimate of drug-likeness (QED) is 0.807. The fourth-order valence-corrected chi connectivity index (χ4v) is 3.52. The largest absolute Gasteiger partial charge is 0.339 e. The number of nitrogens with zero attached hydrogens (tertiary/aromatic N) is 1. The highest BCUT2D eigenvalue weighted by molar-refractivity contribution is 8.00. The Morgan fingerprint density at radius 3 is 2.50 bits per heavy atom. The van der Waals surface area contributed by atoms with Crippen LogP contribution in [0.4, 0.5) is 0 Å². The summed E-state index contributed by atoms with van der Waals surface area (Å²) in [5, 5.41) is 4.44. The van der Waals surface area contributed by atoms with Gasteiger partial charge in [0.05, 0.1) is 6.54 Å². The molecule has 2 fully saturated rings. The fraction of sp³-hybridized carbons (Fsp3) is 0.917. The van der Waals surface area contributed by atoms with Gasteiger partial charge in [-0.15, -0.1) is 0 Å². The molecule has 16 heavy (non-hydrogen) atoms. The lowest BCUT2D eigenvalue weighted by molar-refractivity contribution is -0.130. The van der Waals surface area contributed by atoms with E-state index >= 15 is 0 Å². The minimum absolute atomic E-state index is 0.277. The summed E-state index contributed by atoms with van der Waals surface area (Å²) in [5.41, 5.74) is 0. The van der Waals surface area contributed by atoms with Crippen LogP contribution in [0.3, 0.4) is 0 Å². The Morgan fingerprint density at radius 2 is 1.94 bits per heavy atom. The molecular formula is C12H22N2OS. The minimum Gasteiger partial charge on any atom is -0.339 e. The van der Waals surface area contributed by atoms with E-state index in [1.807, 2.05) is 16.7 Å². The normalized spacial score (nSPS) is 30.5. The zero-order valence-corrected chi connectivity index (χ0v) is 11.1. The molecule has 2 unspecified atom stereocenters. The van der Waals surface area contributed by atoms with Gasteiger partial charge in [0.15, 0.2) is 0 Å². The van der Waals surface area contributed by atoms with Crippen molar-refractivity contribution in [3.8, 4) is 0 Å². The molecule has 0 bridgehead atoms. The number of amides is 1. The number of rotatable bonds is 4. The molecule has 1 saturated carbocycles. The molecule has 1 heterocycles. The molecule has 0 aromatic heterocycles. The number of hydrogen-bond acceptors (Lipinski definition) is 3. The molecule has 1 aliphatic carbocycles. The van der Waals surface area contributed by atoms with Gasteiger partial charge in [0, 0.05) is 23.6 Å². The standard InChI is InChI=1S/C12H22N2OS/c1-9-7-14(8-10(2)16-9)12(15)6-13-5-11-3-4-11/h9-11,13H,3-8H2,1-2H3. The Balaban J connectivity index is 1.69. The third-order valence-electron chi connectivity index (χ3n) is 3.18. The van der Waals surface area contributed by atoms with Gasteiger partial charge in [-0.3, -0.25) is 4.79 Å². The first-order valence-electron chi connectivity index (χ1n) is 6.29. The summed E-state index contributed by atoms with van der Waals surface area (Å²) in [4.78, 5) is 14.0. The molecule has 2 rings (SSSR count). The van der Waals surface area contributed by atoms with Crippen LogP contribution in [0.15, 0.2) is 0 Å². The number of hydrogen-bond donors (Lipinski definition) is 1. The Bertz CT molecular complexity index is 245. The van der Waals surface area contributed by atoms with E-state index in [0.717, 1.165) is 25.6 Å². The predicted molar refractivity (Wildman–Crippen MR) is 68.7 cm³/mol. The van der Waals surface area contributed by atoms with Crippen LogP contribution in [0.1, 0.15) is 26.7 Å². The van der Waals surface area contributed by atoms with Crippen molar-refractivity contribution < 1.29 is 4.79 Å². The Morgan fingerprint density at radius 1 is 1.31 bits per heavy atom. The summed E-state index contributed by atoms with van der Waals surface area (Å²) in [5.74, 6) is 1.13. The smallest absolute Gasteiger partial charge is 0.236 e. The Labute approximate surface area is 102 Å². The van der Waals surface area contributed by atoms with Crippen LogP contribution in [-0.4, -0.2) is 47.5 Å². The van der Waals surface area contributed by atoms with Crippen molar-refractivity contribution in [2.45, 2.75) is 37.2 Å². The average molecular weight is 242 g/mol. The number of nitrogens with one attached hydrogen (secondary N) is 1. The van der Waals surface area contributed by atoms with Crippen molar-refractivity contribution in [3.05, 3.63) is 0 Å². The second-order valence-electron chi connectivity index (χ2n) is 5.13. The van der Waals surface area contributed by atoms with Gasteiger partial charge in [-0.05, 0) is 25.3 Å². The molecule has 0 aromatic carbocycles. The predicted octanol–water partition coefficient (Wildman–Crippen LogP) is 1.34. The first kappa shape index (κ1) is 12.2. The van der Waals surface area contributed by atoms with E-state index in [2.05, 4.69) is 19.2 Å². The number of carbonyl (C=O) groups is 1. The summed E-state index contributed by atoms with van der Waals surface area (Å²) in [6, 6.07) is 0. The Kier molecular flexibility index (Phi) is 4.14. The van der Waals surface area contributed by atoms with Gasteiger partial charge >= 0.3 is 0 Å². The Hall–Kier alpha value is -0.220. The summed E-state index contributed by atoms with van der Waals surface area (Å²) in [7, 11) is 0. The SMILES string of the molecule is CC1CN(C(=O)CNCC2CC2)CC(C)S1. The van der Waals surface area contributed by atoms with Gasteiger partial charge in [-0.1, -0.05) is 13.8 Å². The maximum Gasteiger partial charge on any atom is 0.236 e. The van der Waals surface area contributed by atoms with Gasteiger partial charge in [0.1, 0.15) is 0 Å². The highest BCUT2D eigenvalue weighted by Gasteiger charge is 2.26. The summed E-state index contributed by atoms with van der Waals surface area (Å²) >= 11 is 1.99. The van der Waals surface area contributed by atoms with Crippen molar-refractivity contribution in [3.63, 3.8) is 0 Å². The van der Waals surface area contributed by atoms with E-state index in [-0.39, 0.29) is 5.91 Å². The maximum atomic E-state index is 11.9. The van der Waals surface area contributed by atoms with Gasteiger partial charge in [-0.2, -0.15) is 11.8 Å². The van der Waals surface area contributed by atoms with Gasteiger partial charge < -0.3 is 10.2 Å². The molecule has 1 amide bonds. The monoisotopic (exact) mass is 242 g/mol. The lowest BCUT2D eigenvalue weighted by atomic mass is 10.3.